The number of hydrogen-bond donors (Lipinski definition) is 3. The Labute approximate surface area is 175 Å². The largest absolute Gasteiger partial charge is 0.351 e. The molecule has 0 saturated carbocycles. The minimum absolute atomic E-state index is 0.0494. The minimum atomic E-state index is -0.246. The molecule has 2 aliphatic heterocycles. The zero-order chi connectivity index (χ0) is 20.5. The Kier molecular flexibility index (Phi) is 5.27. The molecule has 3 N–H and O–H groups in total. The minimum Gasteiger partial charge on any atom is -0.351 e. The molecule has 3 heterocycles. The number of aromatic amines is 1. The molecule has 2 aromatic carbocycles. The van der Waals surface area contributed by atoms with E-state index in [4.69, 9.17) is 0 Å². The molecule has 2 fully saturated rings. The Bertz CT molecular complexity index is 1040. The van der Waals surface area contributed by atoms with E-state index in [1.54, 1.807) is 12.1 Å². The zero-order valence-corrected chi connectivity index (χ0v) is 17.0. The zero-order valence-electron chi connectivity index (χ0n) is 17.0. The van der Waals surface area contributed by atoms with Crippen molar-refractivity contribution in [2.75, 3.05) is 26.2 Å². The third-order valence-electron chi connectivity index (χ3n) is 6.42. The van der Waals surface area contributed by atoms with Crippen LogP contribution < -0.4 is 10.6 Å². The molecule has 5 nitrogen and oxygen atoms in total. The number of carbonyl (C=O) groups is 1. The Balaban J connectivity index is 1.26. The standard InChI is InChI=1S/C24H27FN4O/c25-19-5-3-16(4-6-19)17-1-2-18-14-23(28-22(18)13-17)24(30)27-20-9-12-29(15-20)21-7-10-26-11-8-21/h1-6,13-14,20-21,26,28H,7-12,15H2,(H,27,30)/t20-/m0/s1. The van der Waals surface area contributed by atoms with Crippen molar-refractivity contribution in [3.63, 3.8) is 0 Å². The number of rotatable bonds is 4. The summed E-state index contributed by atoms with van der Waals surface area (Å²) >= 11 is 0. The van der Waals surface area contributed by atoms with Gasteiger partial charge in [0.2, 0.25) is 0 Å². The van der Waals surface area contributed by atoms with Gasteiger partial charge in [0.15, 0.2) is 0 Å². The Hall–Kier alpha value is -2.70. The van der Waals surface area contributed by atoms with Crippen LogP contribution in [0.3, 0.4) is 0 Å². The number of fused-ring (bicyclic) bond motifs is 1. The van der Waals surface area contributed by atoms with Gasteiger partial charge in [-0.15, -0.1) is 0 Å². The first-order valence-corrected chi connectivity index (χ1v) is 10.8. The van der Waals surface area contributed by atoms with Crippen molar-refractivity contribution in [3.8, 4) is 11.1 Å². The Morgan fingerprint density at radius 3 is 2.57 bits per heavy atom. The monoisotopic (exact) mass is 406 g/mol. The van der Waals surface area contributed by atoms with E-state index < -0.39 is 0 Å². The Morgan fingerprint density at radius 2 is 1.77 bits per heavy atom. The number of benzene rings is 2. The Morgan fingerprint density at radius 1 is 1.00 bits per heavy atom. The van der Waals surface area contributed by atoms with Crippen molar-refractivity contribution in [2.24, 2.45) is 0 Å². The summed E-state index contributed by atoms with van der Waals surface area (Å²) < 4.78 is 13.2. The summed E-state index contributed by atoms with van der Waals surface area (Å²) in [5.41, 5.74) is 3.43. The van der Waals surface area contributed by atoms with Crippen molar-refractivity contribution >= 4 is 16.8 Å². The maximum atomic E-state index is 13.2. The van der Waals surface area contributed by atoms with Gasteiger partial charge in [0.25, 0.3) is 5.91 Å². The fraction of sp³-hybridized carbons (Fsp3) is 0.375. The number of piperidine rings is 1. The van der Waals surface area contributed by atoms with Crippen molar-refractivity contribution < 1.29 is 9.18 Å². The fourth-order valence-corrected chi connectivity index (χ4v) is 4.74. The number of nitrogens with one attached hydrogen (secondary N) is 3. The highest BCUT2D eigenvalue weighted by Gasteiger charge is 2.30. The van der Waals surface area contributed by atoms with E-state index in [9.17, 15) is 9.18 Å². The lowest BCUT2D eigenvalue weighted by atomic mass is 10.0. The second-order valence-electron chi connectivity index (χ2n) is 8.43. The quantitative estimate of drug-likeness (QED) is 0.621. The summed E-state index contributed by atoms with van der Waals surface area (Å²) in [6.45, 7) is 4.18. The highest BCUT2D eigenvalue weighted by Crippen LogP contribution is 2.25. The van der Waals surface area contributed by atoms with Crippen LogP contribution in [-0.2, 0) is 0 Å². The predicted octanol–water partition coefficient (Wildman–Crippen LogP) is 3.53. The molecule has 1 amide bonds. The van der Waals surface area contributed by atoms with Crippen LogP contribution in [0.2, 0.25) is 0 Å². The molecule has 0 radical (unpaired) electrons. The summed E-state index contributed by atoms with van der Waals surface area (Å²) in [4.78, 5) is 18.6. The fourth-order valence-electron chi connectivity index (χ4n) is 4.74. The average Bonchev–Trinajstić information content (AvgIpc) is 3.41. The van der Waals surface area contributed by atoms with Crippen LogP contribution in [0.25, 0.3) is 22.0 Å². The predicted molar refractivity (Wildman–Crippen MR) is 117 cm³/mol. The van der Waals surface area contributed by atoms with Crippen molar-refractivity contribution in [1.82, 2.24) is 20.5 Å². The van der Waals surface area contributed by atoms with Gasteiger partial charge in [0.05, 0.1) is 0 Å². The van der Waals surface area contributed by atoms with Crippen LogP contribution in [0, 0.1) is 5.82 Å². The lowest BCUT2D eigenvalue weighted by Crippen LogP contribution is -2.44. The topological polar surface area (TPSA) is 60.2 Å². The maximum absolute atomic E-state index is 13.2. The molecule has 5 rings (SSSR count). The summed E-state index contributed by atoms with van der Waals surface area (Å²) in [7, 11) is 0. The number of carbonyl (C=O) groups excluding carboxylic acids is 1. The number of likely N-dealkylation sites (tertiary alicyclic amines) is 1. The maximum Gasteiger partial charge on any atom is 0.267 e. The number of aromatic nitrogens is 1. The number of nitrogens with zero attached hydrogens (tertiary/aromatic N) is 1. The van der Waals surface area contributed by atoms with E-state index >= 15 is 0 Å². The number of amides is 1. The summed E-state index contributed by atoms with van der Waals surface area (Å²) in [6, 6.07) is 15.2. The molecule has 30 heavy (non-hydrogen) atoms. The molecule has 0 spiro atoms. The van der Waals surface area contributed by atoms with Crippen molar-refractivity contribution in [2.45, 2.75) is 31.3 Å². The first-order chi connectivity index (χ1) is 14.7. The number of hydrogen-bond acceptors (Lipinski definition) is 3. The first-order valence-electron chi connectivity index (χ1n) is 10.8. The number of H-pyrrole nitrogens is 1. The molecular weight excluding hydrogens is 379 g/mol. The van der Waals surface area contributed by atoms with Crippen LogP contribution in [0.15, 0.2) is 48.5 Å². The molecule has 2 aliphatic rings. The van der Waals surface area contributed by atoms with Gasteiger partial charge in [-0.3, -0.25) is 9.69 Å². The van der Waals surface area contributed by atoms with E-state index in [0.29, 0.717) is 11.7 Å². The average molecular weight is 407 g/mol. The summed E-state index contributed by atoms with van der Waals surface area (Å²) in [5.74, 6) is -0.295. The molecule has 2 saturated heterocycles. The van der Waals surface area contributed by atoms with E-state index in [2.05, 4.69) is 20.5 Å². The van der Waals surface area contributed by atoms with Gasteiger partial charge in [0, 0.05) is 36.1 Å². The summed E-state index contributed by atoms with van der Waals surface area (Å²) in [6.07, 6.45) is 3.39. The van der Waals surface area contributed by atoms with Crippen molar-refractivity contribution in [1.29, 1.82) is 0 Å². The molecule has 0 bridgehead atoms. The van der Waals surface area contributed by atoms with Crippen molar-refractivity contribution in [3.05, 3.63) is 60.0 Å². The lowest BCUT2D eigenvalue weighted by molar-refractivity contribution is 0.0930. The molecule has 3 aromatic rings. The first kappa shape index (κ1) is 19.3. The van der Waals surface area contributed by atoms with E-state index in [1.807, 2.05) is 24.3 Å². The van der Waals surface area contributed by atoms with E-state index in [1.165, 1.54) is 25.0 Å². The third-order valence-corrected chi connectivity index (χ3v) is 6.42. The van der Waals surface area contributed by atoms with Crippen LogP contribution >= 0.6 is 0 Å². The molecule has 156 valence electrons. The molecule has 1 aromatic heterocycles. The molecular formula is C24H27FN4O. The highest BCUT2D eigenvalue weighted by atomic mass is 19.1. The molecule has 0 aliphatic carbocycles. The van der Waals surface area contributed by atoms with Crippen LogP contribution in [0.5, 0.6) is 0 Å². The van der Waals surface area contributed by atoms with Crippen LogP contribution in [0.1, 0.15) is 29.8 Å². The van der Waals surface area contributed by atoms with E-state index in [-0.39, 0.29) is 17.8 Å². The van der Waals surface area contributed by atoms with Crippen LogP contribution in [-0.4, -0.2) is 54.1 Å². The summed E-state index contributed by atoms with van der Waals surface area (Å²) in [5, 5.41) is 7.62. The molecule has 6 heteroatoms. The van der Waals surface area contributed by atoms with Gasteiger partial charge >= 0.3 is 0 Å². The third kappa shape index (κ3) is 3.98. The normalized spacial score (nSPS) is 20.6. The second-order valence-corrected chi connectivity index (χ2v) is 8.43. The van der Waals surface area contributed by atoms with Gasteiger partial charge in [-0.25, -0.2) is 4.39 Å². The lowest BCUT2D eigenvalue weighted by Gasteiger charge is -2.31. The van der Waals surface area contributed by atoms with Gasteiger partial charge in [-0.2, -0.15) is 0 Å². The second kappa shape index (κ2) is 8.20. The van der Waals surface area contributed by atoms with Gasteiger partial charge < -0.3 is 15.6 Å². The van der Waals surface area contributed by atoms with E-state index in [0.717, 1.165) is 54.6 Å². The molecule has 1 atom stereocenters. The van der Waals surface area contributed by atoms with Crippen LogP contribution in [0.4, 0.5) is 4.39 Å². The smallest absolute Gasteiger partial charge is 0.267 e. The highest BCUT2D eigenvalue weighted by molar-refractivity contribution is 5.99. The number of halogens is 1. The van der Waals surface area contributed by atoms with Gasteiger partial charge in [-0.1, -0.05) is 24.3 Å². The SMILES string of the molecule is O=C(N[C@H]1CCN(C2CCNCC2)C1)c1cc2ccc(-c3ccc(F)cc3)cc2[nH]1. The van der Waals surface area contributed by atoms with Gasteiger partial charge in [0.1, 0.15) is 11.5 Å². The molecule has 0 unspecified atom stereocenters. The van der Waals surface area contributed by atoms with Gasteiger partial charge in [-0.05, 0) is 67.7 Å².